The van der Waals surface area contributed by atoms with Gasteiger partial charge in [0.1, 0.15) is 16.5 Å². The van der Waals surface area contributed by atoms with Crippen molar-refractivity contribution in [3.05, 3.63) is 46.6 Å². The fourth-order valence-electron chi connectivity index (χ4n) is 3.38. The highest BCUT2D eigenvalue weighted by Crippen LogP contribution is 2.52. The third kappa shape index (κ3) is 3.19. The molecule has 152 valence electrons. The van der Waals surface area contributed by atoms with Gasteiger partial charge in [0, 0.05) is 11.1 Å². The molecule has 3 aromatic rings. The minimum Gasteiger partial charge on any atom is -0.497 e. The van der Waals surface area contributed by atoms with E-state index in [1.807, 2.05) is 30.3 Å². The van der Waals surface area contributed by atoms with E-state index in [1.165, 1.54) is 0 Å². The van der Waals surface area contributed by atoms with Crippen molar-refractivity contribution in [3.63, 3.8) is 0 Å². The second-order valence-electron chi connectivity index (χ2n) is 6.37. The molecule has 1 aliphatic rings. The molecule has 4 rings (SSSR count). The third-order valence-electron chi connectivity index (χ3n) is 4.82. The minimum atomic E-state index is 0.0754. The number of H-pyrrole nitrogens is 1. The quantitative estimate of drug-likeness (QED) is 0.596. The number of rotatable bonds is 5. The summed E-state index contributed by atoms with van der Waals surface area (Å²) in [6.45, 7) is 0.0754. The van der Waals surface area contributed by atoms with E-state index in [0.29, 0.717) is 50.0 Å². The molecule has 0 fully saturated rings. The summed E-state index contributed by atoms with van der Waals surface area (Å²) in [7, 11) is 4.71. The predicted octanol–water partition coefficient (Wildman–Crippen LogP) is 4.70. The van der Waals surface area contributed by atoms with Crippen LogP contribution in [0, 0.1) is 16.0 Å². The third-order valence-corrected chi connectivity index (χ3v) is 5.13. The van der Waals surface area contributed by atoms with Gasteiger partial charge in [-0.2, -0.15) is 5.26 Å². The monoisotopic (exact) mass is 422 g/mol. The van der Waals surface area contributed by atoms with Crippen molar-refractivity contribution in [2.45, 2.75) is 0 Å². The molecule has 8 heteroatoms. The first kappa shape index (κ1) is 19.6. The van der Waals surface area contributed by atoms with Crippen LogP contribution in [-0.2, 0) is 0 Å². The summed E-state index contributed by atoms with van der Waals surface area (Å²) in [6.07, 6.45) is 0. The normalized spacial score (nSPS) is 11.7. The Morgan fingerprint density at radius 1 is 0.967 bits per heavy atom. The molecule has 0 saturated heterocycles. The van der Waals surface area contributed by atoms with E-state index in [9.17, 15) is 5.26 Å². The fraction of sp³-hybridized carbons (Fsp3) is 0.182. The van der Waals surface area contributed by atoms with Gasteiger partial charge in [-0.1, -0.05) is 24.4 Å². The Balaban J connectivity index is 1.96. The Kier molecular flexibility index (Phi) is 5.21. The standard InChI is InChI=1S/C22H18N2O5S/c1-25-13-6-4-12(5-7-13)14-8-17(24-22(30)16(14)10-23)15-9-18(26-2)20-21(19(15)27-3)29-11-28-20/h4-9H,11H2,1-3H3,(H,24,30). The van der Waals surface area contributed by atoms with E-state index >= 15 is 0 Å². The minimum absolute atomic E-state index is 0.0754. The summed E-state index contributed by atoms with van der Waals surface area (Å²) < 4.78 is 27.8. The van der Waals surface area contributed by atoms with E-state index in [4.69, 9.17) is 35.9 Å². The van der Waals surface area contributed by atoms with Crippen LogP contribution < -0.4 is 23.7 Å². The smallest absolute Gasteiger partial charge is 0.231 e. The molecule has 0 unspecified atom stereocenters. The number of nitriles is 1. The lowest BCUT2D eigenvalue weighted by Crippen LogP contribution is -1.97. The highest BCUT2D eigenvalue weighted by atomic mass is 32.1. The van der Waals surface area contributed by atoms with Gasteiger partial charge in [0.2, 0.25) is 18.3 Å². The second kappa shape index (κ2) is 7.97. The van der Waals surface area contributed by atoms with Crippen LogP contribution in [-0.4, -0.2) is 33.1 Å². The van der Waals surface area contributed by atoms with Crippen molar-refractivity contribution in [1.29, 1.82) is 5.26 Å². The lowest BCUT2D eigenvalue weighted by molar-refractivity contribution is 0.168. The fourth-order valence-corrected chi connectivity index (χ4v) is 3.65. The molecule has 1 N–H and O–H groups in total. The maximum absolute atomic E-state index is 9.69. The Labute approximate surface area is 178 Å². The Bertz CT molecular complexity index is 1210. The van der Waals surface area contributed by atoms with Crippen LogP contribution in [0.2, 0.25) is 0 Å². The van der Waals surface area contributed by atoms with E-state index in [0.717, 1.165) is 11.3 Å². The average molecular weight is 422 g/mol. The number of ether oxygens (including phenoxy) is 5. The largest absolute Gasteiger partial charge is 0.497 e. The van der Waals surface area contributed by atoms with Crippen molar-refractivity contribution in [1.82, 2.24) is 4.98 Å². The van der Waals surface area contributed by atoms with Gasteiger partial charge >= 0.3 is 0 Å². The van der Waals surface area contributed by atoms with Crippen molar-refractivity contribution in [2.75, 3.05) is 28.1 Å². The number of hydrogen-bond acceptors (Lipinski definition) is 7. The number of hydrogen-bond donors (Lipinski definition) is 1. The van der Waals surface area contributed by atoms with Crippen LogP contribution in [0.5, 0.6) is 28.7 Å². The highest BCUT2D eigenvalue weighted by Gasteiger charge is 2.28. The lowest BCUT2D eigenvalue weighted by atomic mass is 9.98. The van der Waals surface area contributed by atoms with Gasteiger partial charge in [-0.25, -0.2) is 0 Å². The number of methoxy groups -OCH3 is 3. The second-order valence-corrected chi connectivity index (χ2v) is 6.77. The number of aromatic nitrogens is 1. The summed E-state index contributed by atoms with van der Waals surface area (Å²) >= 11 is 5.48. The molecular weight excluding hydrogens is 404 g/mol. The van der Waals surface area contributed by atoms with E-state index in [2.05, 4.69) is 11.1 Å². The summed E-state index contributed by atoms with van der Waals surface area (Å²) in [6, 6.07) is 13.3. The molecule has 1 aliphatic heterocycles. The molecule has 0 saturated carbocycles. The predicted molar refractivity (Wildman–Crippen MR) is 113 cm³/mol. The van der Waals surface area contributed by atoms with Gasteiger partial charge in [-0.15, -0.1) is 0 Å². The zero-order valence-corrected chi connectivity index (χ0v) is 17.4. The van der Waals surface area contributed by atoms with Crippen LogP contribution in [0.1, 0.15) is 5.56 Å². The molecule has 30 heavy (non-hydrogen) atoms. The van der Waals surface area contributed by atoms with E-state index in [1.54, 1.807) is 27.4 Å². The van der Waals surface area contributed by atoms with Crippen LogP contribution in [0.25, 0.3) is 22.4 Å². The topological polar surface area (TPSA) is 85.7 Å². The number of aromatic amines is 1. The van der Waals surface area contributed by atoms with Gasteiger partial charge in [0.05, 0.1) is 32.6 Å². The van der Waals surface area contributed by atoms with Crippen LogP contribution in [0.4, 0.5) is 0 Å². The molecule has 2 aromatic carbocycles. The van der Waals surface area contributed by atoms with Gasteiger partial charge in [-0.3, -0.25) is 0 Å². The zero-order valence-electron chi connectivity index (χ0n) is 16.6. The molecule has 0 bridgehead atoms. The molecule has 1 aromatic heterocycles. The first-order valence-electron chi connectivity index (χ1n) is 8.98. The van der Waals surface area contributed by atoms with Crippen molar-refractivity contribution in [2.24, 2.45) is 0 Å². The number of fused-ring (bicyclic) bond motifs is 1. The van der Waals surface area contributed by atoms with Gasteiger partial charge in [0.15, 0.2) is 11.5 Å². The van der Waals surface area contributed by atoms with Gasteiger partial charge in [0.25, 0.3) is 0 Å². The van der Waals surface area contributed by atoms with Crippen LogP contribution in [0.15, 0.2) is 36.4 Å². The number of nitrogens with one attached hydrogen (secondary N) is 1. The summed E-state index contributed by atoms with van der Waals surface area (Å²) in [5.41, 5.74) is 3.23. The Morgan fingerprint density at radius 3 is 2.33 bits per heavy atom. The molecule has 0 radical (unpaired) electrons. The maximum atomic E-state index is 9.69. The number of benzene rings is 2. The highest BCUT2D eigenvalue weighted by molar-refractivity contribution is 7.71. The molecule has 0 atom stereocenters. The molecule has 2 heterocycles. The Morgan fingerprint density at radius 2 is 1.70 bits per heavy atom. The molecule has 0 amide bonds. The molecule has 0 spiro atoms. The van der Waals surface area contributed by atoms with E-state index < -0.39 is 0 Å². The van der Waals surface area contributed by atoms with Crippen LogP contribution >= 0.6 is 12.2 Å². The zero-order chi connectivity index (χ0) is 21.3. The van der Waals surface area contributed by atoms with Gasteiger partial charge < -0.3 is 28.7 Å². The lowest BCUT2D eigenvalue weighted by Gasteiger charge is -2.15. The van der Waals surface area contributed by atoms with Crippen molar-refractivity contribution >= 4 is 12.2 Å². The number of nitrogens with zero attached hydrogens (tertiary/aromatic N) is 1. The summed E-state index contributed by atoms with van der Waals surface area (Å²) in [4.78, 5) is 3.13. The summed E-state index contributed by atoms with van der Waals surface area (Å²) in [5.74, 6) is 2.66. The number of pyridine rings is 1. The summed E-state index contributed by atoms with van der Waals surface area (Å²) in [5, 5.41) is 9.69. The molecular formula is C22H18N2O5S. The molecule has 0 aliphatic carbocycles. The first-order valence-corrected chi connectivity index (χ1v) is 9.38. The van der Waals surface area contributed by atoms with Crippen molar-refractivity contribution < 1.29 is 23.7 Å². The van der Waals surface area contributed by atoms with E-state index in [-0.39, 0.29) is 6.79 Å². The molecule has 7 nitrogen and oxygen atoms in total. The van der Waals surface area contributed by atoms with Crippen molar-refractivity contribution in [3.8, 4) is 57.2 Å². The van der Waals surface area contributed by atoms with Crippen LogP contribution in [0.3, 0.4) is 0 Å². The first-order chi connectivity index (χ1) is 14.6. The Hall–Kier alpha value is -3.70. The average Bonchev–Trinajstić information content (AvgIpc) is 3.27. The van der Waals surface area contributed by atoms with Gasteiger partial charge in [-0.05, 0) is 29.8 Å². The maximum Gasteiger partial charge on any atom is 0.231 e. The SMILES string of the molecule is COc1ccc(-c2cc(-c3cc(OC)c4c(c3OC)OCO4)[nH]c(=S)c2C#N)cc1.